The molecule has 3 unspecified atom stereocenters. The summed E-state index contributed by atoms with van der Waals surface area (Å²) in [7, 11) is 0. The van der Waals surface area contributed by atoms with Gasteiger partial charge in [-0.1, -0.05) is 82.3 Å². The van der Waals surface area contributed by atoms with E-state index in [0.29, 0.717) is 5.56 Å². The third kappa shape index (κ3) is 4.69. The fourth-order valence-corrected chi connectivity index (χ4v) is 11.3. The van der Waals surface area contributed by atoms with Gasteiger partial charge in [0.05, 0.1) is 23.3 Å². The molecule has 11 heteroatoms. The molecular weight excluding hydrogens is 716 g/mol. The number of hydrogen-bond acceptors (Lipinski definition) is 11. The summed E-state index contributed by atoms with van der Waals surface area (Å²) in [5.74, 6) is -15.0. The number of phenols is 1. The highest BCUT2D eigenvalue weighted by Crippen LogP contribution is 2.64. The Hall–Kier alpha value is -5.55. The molecule has 6 atom stereocenters. The van der Waals surface area contributed by atoms with Crippen LogP contribution in [0.5, 0.6) is 5.75 Å². The van der Waals surface area contributed by atoms with E-state index in [-0.39, 0.29) is 64.6 Å². The average molecular weight is 757 g/mol. The normalized spacial score (nSPS) is 30.1. The SMILES string of the molecule is CC(=O)C1C(=O)C(C(C)C)[C@@]2(C)C[C@@]3(C)Cc4c(CC5C(=O)c6ccccc6C5=O)cc(CC5C(=O)c6ccccc6C5=O)c(O)c4C(=O)C3C(=O)[C@@]2(O)C1=O. The number of ketones is 9. The third-order valence-electron chi connectivity index (χ3n) is 13.6. The van der Waals surface area contributed by atoms with E-state index in [0.717, 1.165) is 6.92 Å². The van der Waals surface area contributed by atoms with Gasteiger partial charge in [-0.25, -0.2) is 0 Å². The van der Waals surface area contributed by atoms with E-state index in [2.05, 4.69) is 0 Å². The summed E-state index contributed by atoms with van der Waals surface area (Å²) < 4.78 is 0. The first kappa shape index (κ1) is 37.4. The van der Waals surface area contributed by atoms with Gasteiger partial charge in [-0.2, -0.15) is 0 Å². The lowest BCUT2D eigenvalue weighted by Gasteiger charge is -2.62. The Morgan fingerprint density at radius 2 is 1.20 bits per heavy atom. The first-order valence-corrected chi connectivity index (χ1v) is 18.9. The number of rotatable bonds is 6. The lowest BCUT2D eigenvalue weighted by molar-refractivity contribution is -0.205. The van der Waals surface area contributed by atoms with Gasteiger partial charge in [-0.3, -0.25) is 43.2 Å². The van der Waals surface area contributed by atoms with Crippen LogP contribution in [0, 0.1) is 46.3 Å². The summed E-state index contributed by atoms with van der Waals surface area (Å²) >= 11 is 0. The molecule has 0 amide bonds. The van der Waals surface area contributed by atoms with Gasteiger partial charge < -0.3 is 10.2 Å². The van der Waals surface area contributed by atoms with E-state index in [1.807, 2.05) is 0 Å². The number of aromatic hydroxyl groups is 1. The molecule has 56 heavy (non-hydrogen) atoms. The molecule has 286 valence electrons. The van der Waals surface area contributed by atoms with Crippen molar-refractivity contribution in [3.05, 3.63) is 99.1 Å². The Morgan fingerprint density at radius 1 is 0.732 bits per heavy atom. The molecule has 0 aromatic heterocycles. The van der Waals surface area contributed by atoms with Gasteiger partial charge >= 0.3 is 0 Å². The standard InChI is InChI=1S/C45H40O11/c1-19(2)32-39(52)30(20(3)46)41(54)45(56)42(55)33-40(53)31-29(17-43(33,4)18-44(32,45)5)21(15-27-35(48)23-10-6-7-11-24(23)36(27)49)14-22(34(31)47)16-28-37(50)25-12-8-9-13-26(25)38(28)51/h6-14,19,27-28,30,32-33,47,56H,15-18H2,1-5H3/t30?,32?,33?,43-,44-,45+/m1/s1. The van der Waals surface area contributed by atoms with Gasteiger partial charge in [-0.15, -0.1) is 0 Å². The van der Waals surface area contributed by atoms with Crippen LogP contribution >= 0.6 is 0 Å². The molecule has 11 nitrogen and oxygen atoms in total. The molecule has 5 aliphatic carbocycles. The number of aliphatic hydroxyl groups is 1. The number of benzene rings is 3. The summed E-state index contributed by atoms with van der Waals surface area (Å²) in [5.41, 5.74) is -4.80. The fourth-order valence-electron chi connectivity index (χ4n) is 11.3. The van der Waals surface area contributed by atoms with E-state index >= 15 is 0 Å². The van der Waals surface area contributed by atoms with Crippen molar-refractivity contribution in [1.82, 2.24) is 0 Å². The van der Waals surface area contributed by atoms with Crippen LogP contribution < -0.4 is 0 Å². The van der Waals surface area contributed by atoms with Crippen LogP contribution in [0.4, 0.5) is 0 Å². The molecule has 5 aliphatic rings. The second kappa shape index (κ2) is 12.2. The van der Waals surface area contributed by atoms with Crippen molar-refractivity contribution in [3.8, 4) is 5.75 Å². The van der Waals surface area contributed by atoms with Gasteiger partial charge in [0.1, 0.15) is 17.5 Å². The van der Waals surface area contributed by atoms with Crippen LogP contribution in [-0.4, -0.2) is 67.9 Å². The van der Waals surface area contributed by atoms with Gasteiger partial charge in [-0.05, 0) is 60.6 Å². The van der Waals surface area contributed by atoms with Crippen molar-refractivity contribution < 1.29 is 53.4 Å². The summed E-state index contributed by atoms with van der Waals surface area (Å²) in [6.07, 6.45) is -0.824. The second-order valence-electron chi connectivity index (χ2n) is 17.3. The molecule has 2 saturated carbocycles. The fraction of sp³-hybridized carbons (Fsp3) is 0.400. The second-order valence-corrected chi connectivity index (χ2v) is 17.3. The number of carbonyl (C=O) groups is 9. The number of fused-ring (bicyclic) bond motifs is 5. The van der Waals surface area contributed by atoms with Crippen LogP contribution in [0.3, 0.4) is 0 Å². The molecule has 0 spiro atoms. The molecule has 0 radical (unpaired) electrons. The number of Topliss-reactive ketones (excluding diaryl/α,β-unsaturated/α-hetero) is 9. The number of phenolic OH excluding ortho intramolecular Hbond substituents is 1. The largest absolute Gasteiger partial charge is 0.507 e. The summed E-state index contributed by atoms with van der Waals surface area (Å²) in [4.78, 5) is 125. The zero-order chi connectivity index (χ0) is 40.5. The molecule has 3 aromatic carbocycles. The Balaban J connectivity index is 1.29. The molecule has 0 saturated heterocycles. The molecule has 0 heterocycles. The van der Waals surface area contributed by atoms with E-state index in [4.69, 9.17) is 0 Å². The van der Waals surface area contributed by atoms with E-state index in [9.17, 15) is 53.4 Å². The first-order chi connectivity index (χ1) is 26.3. The molecule has 0 bridgehead atoms. The highest BCUT2D eigenvalue weighted by Gasteiger charge is 2.76. The minimum Gasteiger partial charge on any atom is -0.507 e. The summed E-state index contributed by atoms with van der Waals surface area (Å²) in [6, 6.07) is 14.2. The lowest BCUT2D eigenvalue weighted by Crippen LogP contribution is -2.76. The molecular formula is C45H40O11. The average Bonchev–Trinajstić information content (AvgIpc) is 3.51. The van der Waals surface area contributed by atoms with Crippen LogP contribution in [-0.2, 0) is 38.4 Å². The van der Waals surface area contributed by atoms with Gasteiger partial charge in [0, 0.05) is 33.6 Å². The highest BCUT2D eigenvalue weighted by molar-refractivity contribution is 6.33. The maximum atomic E-state index is 15.0. The third-order valence-corrected chi connectivity index (χ3v) is 13.6. The zero-order valence-corrected chi connectivity index (χ0v) is 31.6. The van der Waals surface area contributed by atoms with Crippen molar-refractivity contribution >= 4 is 52.0 Å². The minimum atomic E-state index is -2.90. The van der Waals surface area contributed by atoms with E-state index in [1.165, 1.54) is 25.1 Å². The Kier molecular flexibility index (Phi) is 8.16. The van der Waals surface area contributed by atoms with Gasteiger partial charge in [0.15, 0.2) is 51.9 Å². The Labute approximate surface area is 321 Å². The highest BCUT2D eigenvalue weighted by atomic mass is 16.3. The van der Waals surface area contributed by atoms with Gasteiger partial charge in [0.2, 0.25) is 0 Å². The smallest absolute Gasteiger partial charge is 0.190 e. The van der Waals surface area contributed by atoms with Crippen LogP contribution in [0.25, 0.3) is 0 Å². The predicted molar refractivity (Wildman–Crippen MR) is 198 cm³/mol. The molecule has 3 aromatic rings. The lowest BCUT2D eigenvalue weighted by atomic mass is 9.39. The maximum absolute atomic E-state index is 15.0. The zero-order valence-electron chi connectivity index (χ0n) is 31.6. The summed E-state index contributed by atoms with van der Waals surface area (Å²) in [5, 5.41) is 24.4. The molecule has 0 aliphatic heterocycles. The minimum absolute atomic E-state index is 0.00767. The predicted octanol–water partition coefficient (Wildman–Crippen LogP) is 4.57. The molecule has 8 rings (SSSR count). The van der Waals surface area contributed by atoms with Crippen molar-refractivity contribution in [3.63, 3.8) is 0 Å². The molecule has 2 N–H and O–H groups in total. The van der Waals surface area contributed by atoms with Crippen LogP contribution in [0.15, 0.2) is 54.6 Å². The van der Waals surface area contributed by atoms with E-state index < -0.39 is 110 Å². The topological polar surface area (TPSA) is 194 Å². The number of hydrogen-bond donors (Lipinski definition) is 2. The van der Waals surface area contributed by atoms with Crippen molar-refractivity contribution in [2.75, 3.05) is 0 Å². The van der Waals surface area contributed by atoms with E-state index in [1.54, 1.807) is 57.2 Å². The Morgan fingerprint density at radius 3 is 1.64 bits per heavy atom. The van der Waals surface area contributed by atoms with Crippen molar-refractivity contribution in [1.29, 1.82) is 0 Å². The maximum Gasteiger partial charge on any atom is 0.190 e. The van der Waals surface area contributed by atoms with Crippen molar-refractivity contribution in [2.24, 2.45) is 46.3 Å². The Bertz CT molecular complexity index is 2370. The monoisotopic (exact) mass is 756 g/mol. The summed E-state index contributed by atoms with van der Waals surface area (Å²) in [6.45, 7) is 7.57. The van der Waals surface area contributed by atoms with Crippen molar-refractivity contribution in [2.45, 2.75) is 65.9 Å². The van der Waals surface area contributed by atoms with Crippen LogP contribution in [0.2, 0.25) is 0 Å². The quantitative estimate of drug-likeness (QED) is 0.335. The first-order valence-electron chi connectivity index (χ1n) is 18.9. The van der Waals surface area contributed by atoms with Crippen LogP contribution in [0.1, 0.15) is 110 Å². The van der Waals surface area contributed by atoms with Gasteiger partial charge in [0.25, 0.3) is 0 Å². The molecule has 2 fully saturated rings. The number of carbonyl (C=O) groups excluding carboxylic acids is 9.